The van der Waals surface area contributed by atoms with Gasteiger partial charge in [-0.2, -0.15) is 0 Å². The Hall–Kier alpha value is -6.90. The van der Waals surface area contributed by atoms with E-state index >= 15 is 0 Å². The highest BCUT2D eigenvalue weighted by molar-refractivity contribution is 5.71. The number of carbonyl (C=O) groups is 8. The Morgan fingerprint density at radius 1 is 0.293 bits per heavy atom. The minimum Gasteiger partial charge on any atom is -0.450 e. The highest BCUT2D eigenvalue weighted by atomic mass is 19.4. The van der Waals surface area contributed by atoms with Gasteiger partial charge in [0.05, 0.1) is 228 Å². The summed E-state index contributed by atoms with van der Waals surface area (Å²) in [6, 6.07) is 3.50. The van der Waals surface area contributed by atoms with Crippen LogP contribution in [0.5, 0.6) is 0 Å². The molecule has 46 heteroatoms. The van der Waals surface area contributed by atoms with Gasteiger partial charge in [0.25, 0.3) is 0 Å². The van der Waals surface area contributed by atoms with Gasteiger partial charge in [-0.15, -0.1) is 26.3 Å². The van der Waals surface area contributed by atoms with Crippen molar-refractivity contribution >= 4 is 48.7 Å². The molecule has 0 N–H and O–H groups in total. The fourth-order valence-corrected chi connectivity index (χ4v) is 18.1. The molecule has 16 heterocycles. The molecule has 16 bridgehead atoms. The summed E-state index contributed by atoms with van der Waals surface area (Å²) in [5.74, 6) is 0.767. The number of ether oxygens (including phenoxy) is 16. The van der Waals surface area contributed by atoms with Gasteiger partial charge in [0.2, 0.25) is 0 Å². The Labute approximate surface area is 778 Å². The van der Waals surface area contributed by atoms with Gasteiger partial charge in [-0.3, -0.25) is 39.2 Å². The molecular weight excluding hydrogens is 1770 g/mol. The topological polar surface area (TPSA) is 336 Å². The fraction of sp³-hybridized carbons (Fsp3) is 0.908. The van der Waals surface area contributed by atoms with E-state index < -0.39 is 30.5 Å². The number of piperazine rings is 8. The van der Waals surface area contributed by atoms with Gasteiger partial charge in [0.1, 0.15) is 11.2 Å². The summed E-state index contributed by atoms with van der Waals surface area (Å²) in [5.41, 5.74) is -0.599. The van der Waals surface area contributed by atoms with Crippen molar-refractivity contribution in [1.29, 1.82) is 0 Å². The van der Waals surface area contributed by atoms with Crippen molar-refractivity contribution in [3.63, 3.8) is 0 Å². The summed E-state index contributed by atoms with van der Waals surface area (Å²) < 4.78 is 154. The van der Waals surface area contributed by atoms with Gasteiger partial charge < -0.3 is 115 Å². The number of halogens is 6. The van der Waals surface area contributed by atoms with E-state index in [9.17, 15) is 64.7 Å². The number of hydrogen-bond donors (Lipinski definition) is 0. The molecule has 8 amide bonds. The Bertz CT molecular complexity index is 3330. The molecule has 16 aliphatic heterocycles. The average Bonchev–Trinajstić information content (AvgIpc) is 1.71. The number of hydrogen-bond acceptors (Lipinski definition) is 32. The second kappa shape index (κ2) is 48.6. The highest BCUT2D eigenvalue weighted by Gasteiger charge is 2.50. The SMILES string of the molecule is CC(C)COC(=O)N1CC2COCC(C1)N2C.CC(C)COC(=O)N1CC2COCC(C1)N2C.CC(C)OC(=O)N1CC2COCC(C1)N2C.CCOC(=O)N1CC2COCC(C1)N2C.CN1C2COCC1CN(C(=O)OC(C)(C)C)C2.CN1C2COCC1CN(C(=O)OC(F)(F)F)C2.CN1C2COCC1CN(C(=O)OC(F)(F)F)C2.CN1C2COCC1CN(C(=O)OC1(C)CC1)C2. The molecule has 17 fully saturated rings. The standard InChI is InChI=1S/C12H20N2O3.3C12H22N2O3.C11H20N2O3.C10H18N2O3.2C9H13F3N2O3/c1-12(3-4-12)17-11(15)14-5-9-7-16-8-10(6-14)13(9)2;1-12(2,3)17-11(15)14-5-9-7-16-8-10(6-14)13(9)4;2*1-9(2)6-17-12(15)14-4-10-7-16-8-11(5-14)13(10)3;1-8(2)16-11(14)13-4-9-6-15-7-10(5-13)12(9)3;1-3-15-10(13)12-4-8-6-14-7-9(5-12)11(8)2;2*1-13-6-2-14(3-7(13)5-16-4-6)8(15)17-9(10,11)12/h9-10H,3-8H2,1-2H3;9-10H,5-8H2,1-4H3;2*9-11H,4-8H2,1-3H3;8-10H,4-7H2,1-3H3;8-9H,3-7H2,1-2H3;2*6-7H,2-5H2,1H3. The molecular formula is C87H150F6N16O24. The van der Waals surface area contributed by atoms with Crippen molar-refractivity contribution in [2.75, 3.05) is 287 Å². The van der Waals surface area contributed by atoms with Crippen molar-refractivity contribution in [2.24, 2.45) is 11.8 Å². The zero-order valence-electron chi connectivity index (χ0n) is 81.4. The van der Waals surface area contributed by atoms with Gasteiger partial charge in [0.15, 0.2) is 0 Å². The highest BCUT2D eigenvalue weighted by Crippen LogP contribution is 2.40. The fourth-order valence-electron chi connectivity index (χ4n) is 18.1. The zero-order valence-corrected chi connectivity index (χ0v) is 81.4. The van der Waals surface area contributed by atoms with Gasteiger partial charge in [-0.25, -0.2) is 38.4 Å². The van der Waals surface area contributed by atoms with E-state index in [-0.39, 0.29) is 98.6 Å². The number of likely N-dealkylation sites (N-methyl/N-ethyl adjacent to an activating group) is 8. The lowest BCUT2D eigenvalue weighted by Crippen LogP contribution is -2.64. The molecule has 764 valence electrons. The minimum absolute atomic E-state index is 0.0525. The number of fused-ring (bicyclic) bond motifs is 16. The first kappa shape index (κ1) is 108. The number of rotatable bonds is 7. The molecule has 0 aromatic heterocycles. The van der Waals surface area contributed by atoms with Gasteiger partial charge in [0, 0.05) is 105 Å². The van der Waals surface area contributed by atoms with Crippen LogP contribution < -0.4 is 0 Å². The van der Waals surface area contributed by atoms with E-state index in [4.69, 9.17) is 66.3 Å². The van der Waals surface area contributed by atoms with E-state index in [0.717, 1.165) is 35.7 Å². The molecule has 0 aromatic rings. The first-order chi connectivity index (χ1) is 62.6. The quantitative estimate of drug-likeness (QED) is 0.232. The van der Waals surface area contributed by atoms with E-state index in [1.807, 2.05) is 120 Å². The molecule has 0 spiro atoms. The largest absolute Gasteiger partial charge is 0.576 e. The monoisotopic (exact) mass is 1920 g/mol. The van der Waals surface area contributed by atoms with Crippen molar-refractivity contribution < 1.29 is 140 Å². The number of amides is 8. The summed E-state index contributed by atoms with van der Waals surface area (Å²) in [6.45, 7) is 42.4. The maximum Gasteiger partial charge on any atom is 0.576 e. The van der Waals surface area contributed by atoms with Gasteiger partial charge in [-0.1, -0.05) is 27.7 Å². The summed E-state index contributed by atoms with van der Waals surface area (Å²) in [5, 5.41) is 0. The van der Waals surface area contributed by atoms with Crippen LogP contribution in [0, 0.1) is 11.8 Å². The van der Waals surface area contributed by atoms with E-state index in [1.165, 1.54) is 0 Å². The summed E-state index contributed by atoms with van der Waals surface area (Å²) in [4.78, 5) is 125. The Morgan fingerprint density at radius 2 is 0.474 bits per heavy atom. The molecule has 1 aliphatic carbocycles. The van der Waals surface area contributed by atoms with Crippen LogP contribution in [-0.2, 0) is 75.8 Å². The second-order valence-electron chi connectivity index (χ2n) is 39.8. The summed E-state index contributed by atoms with van der Waals surface area (Å²) in [6.07, 6.45) is -11.6. The number of morpholine rings is 8. The smallest absolute Gasteiger partial charge is 0.450 e. The lowest BCUT2D eigenvalue weighted by molar-refractivity contribution is -0.297. The van der Waals surface area contributed by atoms with Crippen LogP contribution in [0.25, 0.3) is 0 Å². The van der Waals surface area contributed by atoms with Crippen LogP contribution in [0.3, 0.4) is 0 Å². The van der Waals surface area contributed by atoms with Crippen LogP contribution in [0.1, 0.15) is 89.0 Å². The van der Waals surface area contributed by atoms with Gasteiger partial charge >= 0.3 is 61.5 Å². The Balaban J connectivity index is 0.000000158. The number of alkyl halides is 6. The molecule has 17 aliphatic rings. The number of nitrogens with zero attached hydrogens (tertiary/aromatic N) is 16. The third kappa shape index (κ3) is 32.1. The molecule has 17 rings (SSSR count). The van der Waals surface area contributed by atoms with Crippen LogP contribution in [0.15, 0.2) is 0 Å². The third-order valence-corrected chi connectivity index (χ3v) is 26.9. The van der Waals surface area contributed by atoms with E-state index in [2.05, 4.69) is 81.2 Å². The van der Waals surface area contributed by atoms with Crippen LogP contribution >= 0.6 is 0 Å². The van der Waals surface area contributed by atoms with E-state index in [1.54, 1.807) is 9.80 Å². The third-order valence-electron chi connectivity index (χ3n) is 26.9. The molecule has 0 aromatic carbocycles. The van der Waals surface area contributed by atoms with Gasteiger partial charge in [-0.05, 0) is 130 Å². The summed E-state index contributed by atoms with van der Waals surface area (Å²) in [7, 11) is 16.4. The normalized spacial score (nSPS) is 30.9. The maximum atomic E-state index is 12.0. The second-order valence-corrected chi connectivity index (χ2v) is 39.8. The molecule has 16 atom stereocenters. The molecule has 40 nitrogen and oxygen atoms in total. The molecule has 16 unspecified atom stereocenters. The summed E-state index contributed by atoms with van der Waals surface area (Å²) >= 11 is 0. The minimum atomic E-state index is -4.92. The zero-order chi connectivity index (χ0) is 97.3. The Kier molecular flexibility index (Phi) is 39.5. The predicted octanol–water partition coefficient (Wildman–Crippen LogP) is 5.23. The molecule has 16 saturated heterocycles. The lowest BCUT2D eigenvalue weighted by atomic mass is 10.1. The van der Waals surface area contributed by atoms with Crippen LogP contribution in [0.2, 0.25) is 0 Å². The van der Waals surface area contributed by atoms with E-state index in [0.29, 0.717) is 275 Å². The lowest BCUT2D eigenvalue weighted by Gasteiger charge is -2.47. The van der Waals surface area contributed by atoms with Crippen LogP contribution in [0.4, 0.5) is 64.7 Å². The maximum absolute atomic E-state index is 12.0. The molecule has 0 radical (unpaired) electrons. The predicted molar refractivity (Wildman–Crippen MR) is 468 cm³/mol. The Morgan fingerprint density at radius 3 is 0.647 bits per heavy atom. The van der Waals surface area contributed by atoms with Crippen molar-refractivity contribution in [3.05, 3.63) is 0 Å². The number of carbonyl (C=O) groups excluding carboxylic acids is 8. The van der Waals surface area contributed by atoms with Crippen molar-refractivity contribution in [1.82, 2.24) is 78.4 Å². The van der Waals surface area contributed by atoms with Crippen LogP contribution in [-0.4, -0.2) is 540 Å². The van der Waals surface area contributed by atoms with Crippen molar-refractivity contribution in [3.8, 4) is 0 Å². The molecule has 133 heavy (non-hydrogen) atoms. The molecule has 1 saturated carbocycles. The first-order valence-corrected chi connectivity index (χ1v) is 46.8. The average molecular weight is 1920 g/mol. The van der Waals surface area contributed by atoms with Crippen molar-refractivity contribution in [2.45, 2.75) is 216 Å². The first-order valence-electron chi connectivity index (χ1n) is 46.8.